The predicted octanol–water partition coefficient (Wildman–Crippen LogP) is 2.94. The van der Waals surface area contributed by atoms with Crippen molar-refractivity contribution >= 4 is 11.8 Å². The minimum absolute atomic E-state index is 0.0190. The second-order valence-electron chi connectivity index (χ2n) is 5.76. The molecular formula is C19H17FO5. The Hall–Kier alpha value is -2.89. The molecule has 1 atom stereocenters. The minimum Gasteiger partial charge on any atom is -0.507 e. The van der Waals surface area contributed by atoms with Crippen LogP contribution in [0.1, 0.15) is 34.0 Å². The number of hydrogen-bond acceptors (Lipinski definition) is 5. The molecule has 0 saturated heterocycles. The molecule has 0 aromatic heterocycles. The van der Waals surface area contributed by atoms with Crippen molar-refractivity contribution in [1.29, 1.82) is 0 Å². The summed E-state index contributed by atoms with van der Waals surface area (Å²) in [6, 6.07) is 7.03. The van der Waals surface area contributed by atoms with Gasteiger partial charge >= 0.3 is 5.97 Å². The van der Waals surface area contributed by atoms with Crippen LogP contribution in [0, 0.1) is 12.7 Å². The Morgan fingerprint density at radius 1 is 1.32 bits per heavy atom. The second-order valence-corrected chi connectivity index (χ2v) is 5.76. The zero-order chi connectivity index (χ0) is 18.1. The molecule has 3 rings (SSSR count). The van der Waals surface area contributed by atoms with Crippen LogP contribution in [-0.2, 0) is 16.0 Å². The molecule has 1 N–H and O–H groups in total. The first-order valence-electron chi connectivity index (χ1n) is 7.92. The van der Waals surface area contributed by atoms with E-state index in [1.54, 1.807) is 19.9 Å². The van der Waals surface area contributed by atoms with E-state index in [9.17, 15) is 19.1 Å². The molecule has 2 aromatic rings. The second kappa shape index (κ2) is 6.55. The summed E-state index contributed by atoms with van der Waals surface area (Å²) >= 11 is 0. The van der Waals surface area contributed by atoms with E-state index in [1.807, 2.05) is 0 Å². The van der Waals surface area contributed by atoms with E-state index in [0.717, 1.165) is 0 Å². The largest absolute Gasteiger partial charge is 0.507 e. The van der Waals surface area contributed by atoms with Gasteiger partial charge < -0.3 is 14.6 Å². The van der Waals surface area contributed by atoms with Crippen LogP contribution in [0.25, 0.3) is 0 Å². The van der Waals surface area contributed by atoms with Gasteiger partial charge in [0.1, 0.15) is 17.3 Å². The molecule has 1 unspecified atom stereocenters. The fraction of sp³-hybridized carbons (Fsp3) is 0.263. The highest BCUT2D eigenvalue weighted by atomic mass is 19.1. The summed E-state index contributed by atoms with van der Waals surface area (Å²) in [7, 11) is 0. The van der Waals surface area contributed by atoms with E-state index < -0.39 is 23.7 Å². The number of carbonyl (C=O) groups excluding carboxylic acids is 2. The van der Waals surface area contributed by atoms with E-state index in [-0.39, 0.29) is 29.9 Å². The molecule has 0 spiro atoms. The van der Waals surface area contributed by atoms with Crippen molar-refractivity contribution < 1.29 is 28.6 Å². The van der Waals surface area contributed by atoms with Gasteiger partial charge in [-0.2, -0.15) is 0 Å². The smallest absolute Gasteiger partial charge is 0.347 e. The summed E-state index contributed by atoms with van der Waals surface area (Å²) in [5.41, 5.74) is 0.796. The molecule has 0 amide bonds. The van der Waals surface area contributed by atoms with Gasteiger partial charge in [0, 0.05) is 12.0 Å². The van der Waals surface area contributed by atoms with Crippen molar-refractivity contribution in [3.05, 3.63) is 58.4 Å². The van der Waals surface area contributed by atoms with Gasteiger partial charge in [-0.1, -0.05) is 12.1 Å². The van der Waals surface area contributed by atoms with Crippen LogP contribution in [0.15, 0.2) is 30.3 Å². The first kappa shape index (κ1) is 17.0. The van der Waals surface area contributed by atoms with E-state index in [4.69, 9.17) is 9.47 Å². The van der Waals surface area contributed by atoms with Crippen molar-refractivity contribution in [2.45, 2.75) is 26.4 Å². The van der Waals surface area contributed by atoms with E-state index >= 15 is 0 Å². The minimum atomic E-state index is -0.813. The summed E-state index contributed by atoms with van der Waals surface area (Å²) in [6.07, 6.45) is -0.584. The predicted molar refractivity (Wildman–Crippen MR) is 87.4 cm³/mol. The molecule has 0 radical (unpaired) electrons. The summed E-state index contributed by atoms with van der Waals surface area (Å²) in [4.78, 5) is 24.5. The lowest BCUT2D eigenvalue weighted by atomic mass is 9.95. The van der Waals surface area contributed by atoms with Gasteiger partial charge in [-0.3, -0.25) is 4.79 Å². The van der Waals surface area contributed by atoms with Crippen molar-refractivity contribution in [3.63, 3.8) is 0 Å². The fourth-order valence-corrected chi connectivity index (χ4v) is 2.89. The monoisotopic (exact) mass is 344 g/mol. The zero-order valence-corrected chi connectivity index (χ0v) is 13.8. The number of halogens is 1. The summed E-state index contributed by atoms with van der Waals surface area (Å²) < 4.78 is 24.4. The molecule has 1 heterocycles. The first-order valence-corrected chi connectivity index (χ1v) is 7.92. The van der Waals surface area contributed by atoms with Crippen LogP contribution in [0.3, 0.4) is 0 Å². The van der Waals surface area contributed by atoms with Crippen molar-refractivity contribution in [3.8, 4) is 11.5 Å². The van der Waals surface area contributed by atoms with Crippen molar-refractivity contribution in [1.82, 2.24) is 0 Å². The SMILES string of the molecule is CCOC(=O)C1Cc2cc(C(=O)c3ccccc3F)c(O)c(C)c2O1. The third kappa shape index (κ3) is 2.95. The lowest BCUT2D eigenvalue weighted by molar-refractivity contribution is -0.150. The summed E-state index contributed by atoms with van der Waals surface area (Å²) in [5, 5.41) is 10.4. The van der Waals surface area contributed by atoms with Gasteiger partial charge in [0.05, 0.1) is 17.7 Å². The lowest BCUT2D eigenvalue weighted by Gasteiger charge is -2.12. The lowest BCUT2D eigenvalue weighted by Crippen LogP contribution is -2.27. The number of fused-ring (bicyclic) bond motifs is 1. The number of esters is 1. The Morgan fingerprint density at radius 2 is 2.04 bits per heavy atom. The average Bonchev–Trinajstić information content (AvgIpc) is 3.03. The van der Waals surface area contributed by atoms with E-state index in [0.29, 0.717) is 16.9 Å². The van der Waals surface area contributed by atoms with Gasteiger partial charge in [0.15, 0.2) is 11.9 Å². The molecule has 0 aliphatic carbocycles. The fourth-order valence-electron chi connectivity index (χ4n) is 2.89. The molecule has 130 valence electrons. The number of aromatic hydroxyl groups is 1. The molecule has 2 aromatic carbocycles. The Bertz CT molecular complexity index is 859. The normalized spacial score (nSPS) is 15.4. The number of phenolic OH excluding ortho intramolecular Hbond substituents is 1. The molecule has 6 heteroatoms. The summed E-state index contributed by atoms with van der Waals surface area (Å²) in [6.45, 7) is 3.51. The number of hydrogen-bond donors (Lipinski definition) is 1. The summed E-state index contributed by atoms with van der Waals surface area (Å²) in [5.74, 6) is -1.71. The van der Waals surface area contributed by atoms with Gasteiger partial charge in [-0.15, -0.1) is 0 Å². The highest BCUT2D eigenvalue weighted by Crippen LogP contribution is 2.40. The number of carbonyl (C=O) groups is 2. The topological polar surface area (TPSA) is 72.8 Å². The Morgan fingerprint density at radius 3 is 2.72 bits per heavy atom. The number of benzene rings is 2. The van der Waals surface area contributed by atoms with Crippen LogP contribution in [0.5, 0.6) is 11.5 Å². The molecule has 1 aliphatic rings. The highest BCUT2D eigenvalue weighted by molar-refractivity contribution is 6.11. The molecule has 0 saturated carbocycles. The van der Waals surface area contributed by atoms with Crippen molar-refractivity contribution in [2.24, 2.45) is 0 Å². The molecule has 0 bridgehead atoms. The van der Waals surface area contributed by atoms with Gasteiger partial charge in [0.25, 0.3) is 0 Å². The molecule has 25 heavy (non-hydrogen) atoms. The van der Waals surface area contributed by atoms with Crippen LogP contribution in [0.2, 0.25) is 0 Å². The van der Waals surface area contributed by atoms with Crippen LogP contribution in [0.4, 0.5) is 4.39 Å². The zero-order valence-electron chi connectivity index (χ0n) is 13.8. The van der Waals surface area contributed by atoms with E-state index in [2.05, 4.69) is 0 Å². The first-order chi connectivity index (χ1) is 11.9. The van der Waals surface area contributed by atoms with Crippen molar-refractivity contribution in [2.75, 3.05) is 6.61 Å². The van der Waals surface area contributed by atoms with Crippen LogP contribution < -0.4 is 4.74 Å². The van der Waals surface area contributed by atoms with Gasteiger partial charge in [0.2, 0.25) is 0 Å². The van der Waals surface area contributed by atoms with Crippen LogP contribution >= 0.6 is 0 Å². The highest BCUT2D eigenvalue weighted by Gasteiger charge is 2.34. The molecular weight excluding hydrogens is 327 g/mol. The molecule has 5 nitrogen and oxygen atoms in total. The Kier molecular flexibility index (Phi) is 4.44. The number of phenols is 1. The maximum atomic E-state index is 13.9. The van der Waals surface area contributed by atoms with Gasteiger partial charge in [-0.25, -0.2) is 9.18 Å². The maximum absolute atomic E-state index is 13.9. The number of rotatable bonds is 4. The standard InChI is InChI=1S/C19H17FO5/c1-3-24-19(23)15-9-11-8-13(16(21)10(2)18(11)25-15)17(22)12-6-4-5-7-14(12)20/h4-8,15,21H,3,9H2,1-2H3. The molecule has 0 fully saturated rings. The maximum Gasteiger partial charge on any atom is 0.347 e. The van der Waals surface area contributed by atoms with Crippen LogP contribution in [-0.4, -0.2) is 29.6 Å². The Balaban J connectivity index is 1.99. The Labute approximate surface area is 144 Å². The number of ether oxygens (including phenoxy) is 2. The van der Waals surface area contributed by atoms with Gasteiger partial charge in [-0.05, 0) is 37.6 Å². The third-order valence-electron chi connectivity index (χ3n) is 4.14. The number of ketones is 1. The third-order valence-corrected chi connectivity index (χ3v) is 4.14. The average molecular weight is 344 g/mol. The molecule has 1 aliphatic heterocycles. The quantitative estimate of drug-likeness (QED) is 0.682. The van der Waals surface area contributed by atoms with E-state index in [1.165, 1.54) is 24.3 Å².